The van der Waals surface area contributed by atoms with Crippen LogP contribution in [-0.4, -0.2) is 42.8 Å². The summed E-state index contributed by atoms with van der Waals surface area (Å²) in [7, 11) is 0. The van der Waals surface area contributed by atoms with Crippen molar-refractivity contribution >= 4 is 12.1 Å². The van der Waals surface area contributed by atoms with Gasteiger partial charge in [-0.05, 0) is 27.7 Å². The van der Waals surface area contributed by atoms with Crippen LogP contribution in [0.4, 0.5) is 4.79 Å². The van der Waals surface area contributed by atoms with Gasteiger partial charge in [-0.2, -0.15) is 0 Å². The molecule has 0 rings (SSSR count). The first-order chi connectivity index (χ1) is 7.02. The third-order valence-corrected chi connectivity index (χ3v) is 1.73. The van der Waals surface area contributed by atoms with E-state index in [-0.39, 0.29) is 12.6 Å². The molecule has 0 aliphatic rings. The summed E-state index contributed by atoms with van der Waals surface area (Å²) in [5, 5.41) is 0. The molecule has 15 heavy (non-hydrogen) atoms. The van der Waals surface area contributed by atoms with Gasteiger partial charge in [0.05, 0.1) is 13.2 Å². The number of ether oxygens (including phenoxy) is 2. The zero-order valence-electron chi connectivity index (χ0n) is 9.78. The summed E-state index contributed by atoms with van der Waals surface area (Å²) in [6, 6.07) is -0.0894. The van der Waals surface area contributed by atoms with Crippen LogP contribution in [0.3, 0.4) is 0 Å². The lowest BCUT2D eigenvalue weighted by molar-refractivity contribution is -0.144. The molecule has 0 bridgehead atoms. The molecular weight excluding hydrogens is 198 g/mol. The van der Waals surface area contributed by atoms with Crippen molar-refractivity contribution in [1.82, 2.24) is 4.90 Å². The highest BCUT2D eigenvalue weighted by Crippen LogP contribution is 2.02. The summed E-state index contributed by atoms with van der Waals surface area (Å²) in [5.41, 5.74) is 0. The molecule has 0 heterocycles. The Morgan fingerprint density at radius 2 is 1.67 bits per heavy atom. The topological polar surface area (TPSA) is 55.8 Å². The van der Waals surface area contributed by atoms with Gasteiger partial charge in [-0.25, -0.2) is 4.79 Å². The molecule has 5 nitrogen and oxygen atoms in total. The van der Waals surface area contributed by atoms with Crippen molar-refractivity contribution in [3.63, 3.8) is 0 Å². The van der Waals surface area contributed by atoms with Crippen LogP contribution in [0.2, 0.25) is 0 Å². The van der Waals surface area contributed by atoms with Gasteiger partial charge in [-0.1, -0.05) is 0 Å². The molecule has 0 atom stereocenters. The zero-order valence-corrected chi connectivity index (χ0v) is 9.78. The first-order valence-electron chi connectivity index (χ1n) is 5.11. The molecular formula is C10H19NO4. The maximum Gasteiger partial charge on any atom is 0.410 e. The van der Waals surface area contributed by atoms with Gasteiger partial charge in [-0.15, -0.1) is 0 Å². The molecule has 0 aromatic heterocycles. The molecule has 0 aromatic carbocycles. The maximum absolute atomic E-state index is 11.4. The Balaban J connectivity index is 4.27. The van der Waals surface area contributed by atoms with Crippen molar-refractivity contribution < 1.29 is 19.1 Å². The summed E-state index contributed by atoms with van der Waals surface area (Å²) in [6.07, 6.45) is -0.486. The first kappa shape index (κ1) is 13.7. The molecule has 88 valence electrons. The van der Waals surface area contributed by atoms with Gasteiger partial charge in [-0.3, -0.25) is 9.69 Å². The Kier molecular flexibility index (Phi) is 6.49. The van der Waals surface area contributed by atoms with E-state index in [4.69, 9.17) is 9.47 Å². The first-order valence-corrected chi connectivity index (χ1v) is 5.11. The minimum absolute atomic E-state index is 0.0651. The van der Waals surface area contributed by atoms with E-state index in [2.05, 4.69) is 0 Å². The smallest absolute Gasteiger partial charge is 0.410 e. The van der Waals surface area contributed by atoms with E-state index in [1.165, 1.54) is 4.90 Å². The Bertz CT molecular complexity index is 215. The number of carbonyl (C=O) groups is 2. The number of nitrogens with zero attached hydrogens (tertiary/aromatic N) is 1. The van der Waals surface area contributed by atoms with E-state index < -0.39 is 12.1 Å². The minimum Gasteiger partial charge on any atom is -0.465 e. The van der Waals surface area contributed by atoms with Crippen LogP contribution in [0.1, 0.15) is 27.7 Å². The summed E-state index contributed by atoms with van der Waals surface area (Å²) in [6.45, 7) is 7.62. The molecule has 0 aromatic rings. The second kappa shape index (κ2) is 7.09. The third-order valence-electron chi connectivity index (χ3n) is 1.73. The normalized spacial score (nSPS) is 9.93. The van der Waals surface area contributed by atoms with Crippen molar-refractivity contribution in [2.24, 2.45) is 0 Å². The van der Waals surface area contributed by atoms with E-state index in [9.17, 15) is 9.59 Å². The van der Waals surface area contributed by atoms with Crippen LogP contribution < -0.4 is 0 Å². The third kappa shape index (κ3) is 5.24. The SMILES string of the molecule is CCOC(=O)CN(C(=O)OCC)C(C)C. The fourth-order valence-corrected chi connectivity index (χ4v) is 1.01. The Labute approximate surface area is 90.3 Å². The Morgan fingerprint density at radius 1 is 1.13 bits per heavy atom. The molecule has 0 N–H and O–H groups in total. The lowest BCUT2D eigenvalue weighted by Gasteiger charge is -2.24. The van der Waals surface area contributed by atoms with Crippen molar-refractivity contribution in [3.8, 4) is 0 Å². The molecule has 1 amide bonds. The molecule has 0 aliphatic carbocycles. The van der Waals surface area contributed by atoms with E-state index in [0.29, 0.717) is 13.2 Å². The molecule has 0 saturated carbocycles. The number of carbonyl (C=O) groups excluding carboxylic acids is 2. The van der Waals surface area contributed by atoms with Gasteiger partial charge < -0.3 is 9.47 Å². The summed E-state index contributed by atoms with van der Waals surface area (Å²) in [5.74, 6) is -0.417. The van der Waals surface area contributed by atoms with Crippen LogP contribution in [0, 0.1) is 0 Å². The summed E-state index contributed by atoms with van der Waals surface area (Å²) < 4.78 is 9.59. The quantitative estimate of drug-likeness (QED) is 0.653. The number of rotatable bonds is 5. The molecule has 0 unspecified atom stereocenters. The van der Waals surface area contributed by atoms with Crippen molar-refractivity contribution in [2.75, 3.05) is 19.8 Å². The number of hydrogen-bond donors (Lipinski definition) is 0. The van der Waals surface area contributed by atoms with Gasteiger partial charge in [0.2, 0.25) is 0 Å². The van der Waals surface area contributed by atoms with Gasteiger partial charge in [0.15, 0.2) is 0 Å². The van der Waals surface area contributed by atoms with Crippen molar-refractivity contribution in [1.29, 1.82) is 0 Å². The van der Waals surface area contributed by atoms with E-state index in [0.717, 1.165) is 0 Å². The fourth-order valence-electron chi connectivity index (χ4n) is 1.01. The average molecular weight is 217 g/mol. The number of esters is 1. The van der Waals surface area contributed by atoms with Crippen LogP contribution in [-0.2, 0) is 14.3 Å². The predicted octanol–water partition coefficient (Wildman–Crippen LogP) is 1.42. The molecule has 0 spiro atoms. The van der Waals surface area contributed by atoms with Crippen LogP contribution >= 0.6 is 0 Å². The fraction of sp³-hybridized carbons (Fsp3) is 0.800. The predicted molar refractivity (Wildman–Crippen MR) is 55.5 cm³/mol. The highest BCUT2D eigenvalue weighted by molar-refractivity contribution is 5.78. The summed E-state index contributed by atoms with van der Waals surface area (Å²) in [4.78, 5) is 24.0. The monoisotopic (exact) mass is 217 g/mol. The van der Waals surface area contributed by atoms with Gasteiger partial charge in [0.25, 0.3) is 0 Å². The minimum atomic E-state index is -0.486. The van der Waals surface area contributed by atoms with Gasteiger partial charge in [0, 0.05) is 6.04 Å². The number of amides is 1. The van der Waals surface area contributed by atoms with Gasteiger partial charge in [0.1, 0.15) is 6.54 Å². The molecule has 0 aliphatic heterocycles. The molecule has 0 radical (unpaired) electrons. The van der Waals surface area contributed by atoms with E-state index in [1.54, 1.807) is 13.8 Å². The van der Waals surface area contributed by atoms with E-state index >= 15 is 0 Å². The second-order valence-electron chi connectivity index (χ2n) is 3.23. The molecule has 0 saturated heterocycles. The lowest BCUT2D eigenvalue weighted by atomic mass is 10.3. The van der Waals surface area contributed by atoms with E-state index in [1.807, 2.05) is 13.8 Å². The molecule has 0 fully saturated rings. The van der Waals surface area contributed by atoms with Crippen molar-refractivity contribution in [2.45, 2.75) is 33.7 Å². The zero-order chi connectivity index (χ0) is 11.8. The lowest BCUT2D eigenvalue weighted by Crippen LogP contribution is -2.41. The summed E-state index contributed by atoms with van der Waals surface area (Å²) >= 11 is 0. The Hall–Kier alpha value is -1.26. The average Bonchev–Trinajstić information content (AvgIpc) is 2.14. The molecule has 5 heteroatoms. The largest absolute Gasteiger partial charge is 0.465 e. The Morgan fingerprint density at radius 3 is 2.07 bits per heavy atom. The van der Waals surface area contributed by atoms with Crippen LogP contribution in [0.25, 0.3) is 0 Å². The second-order valence-corrected chi connectivity index (χ2v) is 3.23. The van der Waals surface area contributed by atoms with Crippen LogP contribution in [0.5, 0.6) is 0 Å². The van der Waals surface area contributed by atoms with Gasteiger partial charge >= 0.3 is 12.1 Å². The maximum atomic E-state index is 11.4. The van der Waals surface area contributed by atoms with Crippen LogP contribution in [0.15, 0.2) is 0 Å². The highest BCUT2D eigenvalue weighted by atomic mass is 16.6. The van der Waals surface area contributed by atoms with Crippen molar-refractivity contribution in [3.05, 3.63) is 0 Å². The highest BCUT2D eigenvalue weighted by Gasteiger charge is 2.21. The standard InChI is InChI=1S/C10H19NO4/c1-5-14-9(12)7-11(8(3)4)10(13)15-6-2/h8H,5-7H2,1-4H3. The number of hydrogen-bond acceptors (Lipinski definition) is 4.